The maximum Gasteiger partial charge on any atom is 0.240 e. The molecule has 0 bridgehead atoms. The van der Waals surface area contributed by atoms with Gasteiger partial charge < -0.3 is 9.40 Å². The third-order valence-corrected chi connectivity index (χ3v) is 3.92. The van der Waals surface area contributed by atoms with Gasteiger partial charge in [-0.2, -0.15) is 0 Å². The van der Waals surface area contributed by atoms with Gasteiger partial charge in [0.15, 0.2) is 11.6 Å². The lowest BCUT2D eigenvalue weighted by Crippen LogP contribution is -2.03. The van der Waals surface area contributed by atoms with Crippen LogP contribution in [-0.2, 0) is 6.42 Å². The number of nitrogens with zero attached hydrogens (tertiary/aromatic N) is 3. The summed E-state index contributed by atoms with van der Waals surface area (Å²) in [6, 6.07) is 17.4. The monoisotopic (exact) mass is 344 g/mol. The number of aromatic amines is 1. The summed E-state index contributed by atoms with van der Waals surface area (Å²) in [4.78, 5) is 19.7. The summed E-state index contributed by atoms with van der Waals surface area (Å²) >= 11 is 0. The van der Waals surface area contributed by atoms with Crippen LogP contribution in [0.3, 0.4) is 0 Å². The number of aromatic nitrogens is 4. The van der Waals surface area contributed by atoms with Gasteiger partial charge in [-0.15, -0.1) is 10.2 Å². The molecule has 26 heavy (non-hydrogen) atoms. The average molecular weight is 344 g/mol. The van der Waals surface area contributed by atoms with Gasteiger partial charge in [-0.25, -0.2) is 4.98 Å². The Hall–Kier alpha value is -3.54. The molecule has 128 valence electrons. The van der Waals surface area contributed by atoms with Crippen molar-refractivity contribution in [3.63, 3.8) is 0 Å². The van der Waals surface area contributed by atoms with Crippen molar-refractivity contribution in [1.29, 1.82) is 0 Å². The van der Waals surface area contributed by atoms with E-state index in [1.165, 1.54) is 0 Å². The van der Waals surface area contributed by atoms with Crippen molar-refractivity contribution in [2.24, 2.45) is 0 Å². The standard InChI is InChI=1S/C20H16N4O2/c25-17(20-21-15-8-4-5-9-16(15)22-20)11-13-19-24-23-18(26-19)12-10-14-6-2-1-3-7-14/h1-10,12H,11,13H2,(H,21,22)/b12-10+. The van der Waals surface area contributed by atoms with Gasteiger partial charge in [0, 0.05) is 18.9 Å². The second-order valence-electron chi connectivity index (χ2n) is 5.80. The topological polar surface area (TPSA) is 84.7 Å². The number of para-hydroxylation sites is 2. The molecule has 0 saturated heterocycles. The maximum atomic E-state index is 12.3. The number of imidazole rings is 1. The first kappa shape index (κ1) is 16.0. The zero-order valence-electron chi connectivity index (χ0n) is 13.9. The van der Waals surface area contributed by atoms with Crippen LogP contribution in [0.25, 0.3) is 23.2 Å². The number of ketones is 1. The fraction of sp³-hybridized carbons (Fsp3) is 0.100. The SMILES string of the molecule is O=C(CCc1nnc(/C=C/c2ccccc2)o1)c1nc2ccccc2[nH]1. The van der Waals surface area contributed by atoms with Crippen molar-refractivity contribution in [1.82, 2.24) is 20.2 Å². The van der Waals surface area contributed by atoms with Crippen molar-refractivity contribution in [2.75, 3.05) is 0 Å². The molecule has 2 aromatic heterocycles. The smallest absolute Gasteiger partial charge is 0.240 e. The van der Waals surface area contributed by atoms with Crippen LogP contribution in [0, 0.1) is 0 Å². The minimum Gasteiger partial charge on any atom is -0.421 e. The van der Waals surface area contributed by atoms with Crippen LogP contribution in [0.15, 0.2) is 59.0 Å². The zero-order chi connectivity index (χ0) is 17.8. The van der Waals surface area contributed by atoms with E-state index >= 15 is 0 Å². The predicted molar refractivity (Wildman–Crippen MR) is 98.4 cm³/mol. The molecule has 0 unspecified atom stereocenters. The van der Waals surface area contributed by atoms with Crippen molar-refractivity contribution < 1.29 is 9.21 Å². The van der Waals surface area contributed by atoms with E-state index in [2.05, 4.69) is 20.2 Å². The van der Waals surface area contributed by atoms with Gasteiger partial charge in [0.1, 0.15) is 0 Å². The van der Waals surface area contributed by atoms with Gasteiger partial charge in [0.2, 0.25) is 11.8 Å². The molecule has 0 atom stereocenters. The second-order valence-corrected chi connectivity index (χ2v) is 5.80. The number of rotatable bonds is 6. The number of fused-ring (bicyclic) bond motifs is 1. The molecule has 2 heterocycles. The summed E-state index contributed by atoms with van der Waals surface area (Å²) in [6.07, 6.45) is 4.29. The van der Waals surface area contributed by atoms with E-state index in [9.17, 15) is 4.79 Å². The number of hydrogen-bond acceptors (Lipinski definition) is 5. The molecular weight excluding hydrogens is 328 g/mol. The van der Waals surface area contributed by atoms with Crippen LogP contribution in [-0.4, -0.2) is 25.9 Å². The highest BCUT2D eigenvalue weighted by Crippen LogP contribution is 2.13. The third kappa shape index (κ3) is 3.59. The Morgan fingerprint density at radius 2 is 1.81 bits per heavy atom. The first-order valence-corrected chi connectivity index (χ1v) is 8.31. The molecule has 4 rings (SSSR count). The lowest BCUT2D eigenvalue weighted by molar-refractivity contribution is 0.0971. The Morgan fingerprint density at radius 1 is 1.00 bits per heavy atom. The Kier molecular flexibility index (Phi) is 4.38. The highest BCUT2D eigenvalue weighted by Gasteiger charge is 2.13. The van der Waals surface area contributed by atoms with Gasteiger partial charge in [0.25, 0.3) is 0 Å². The number of H-pyrrole nitrogens is 1. The molecule has 0 radical (unpaired) electrons. The summed E-state index contributed by atoms with van der Waals surface area (Å²) in [6.45, 7) is 0. The number of aryl methyl sites for hydroxylation is 1. The molecular formula is C20H16N4O2. The minimum atomic E-state index is -0.0826. The molecule has 1 N–H and O–H groups in total. The molecule has 4 aromatic rings. The van der Waals surface area contributed by atoms with E-state index in [4.69, 9.17) is 4.42 Å². The number of hydrogen-bond donors (Lipinski definition) is 1. The average Bonchev–Trinajstić information content (AvgIpc) is 3.32. The van der Waals surface area contributed by atoms with Gasteiger partial charge in [0.05, 0.1) is 11.0 Å². The predicted octanol–water partition coefficient (Wildman–Crippen LogP) is 3.93. The fourth-order valence-corrected chi connectivity index (χ4v) is 2.59. The van der Waals surface area contributed by atoms with E-state index in [0.29, 0.717) is 24.0 Å². The van der Waals surface area contributed by atoms with Gasteiger partial charge in [-0.1, -0.05) is 42.5 Å². The fourth-order valence-electron chi connectivity index (χ4n) is 2.59. The lowest BCUT2D eigenvalue weighted by atomic mass is 10.2. The Bertz CT molecular complexity index is 1030. The molecule has 0 amide bonds. The minimum absolute atomic E-state index is 0.0826. The van der Waals surface area contributed by atoms with Gasteiger partial charge in [-0.05, 0) is 23.8 Å². The van der Waals surface area contributed by atoms with Crippen LogP contribution >= 0.6 is 0 Å². The molecule has 0 saturated carbocycles. The molecule has 6 nitrogen and oxygen atoms in total. The zero-order valence-corrected chi connectivity index (χ0v) is 13.9. The van der Waals surface area contributed by atoms with E-state index in [1.807, 2.05) is 60.7 Å². The van der Waals surface area contributed by atoms with E-state index in [-0.39, 0.29) is 12.2 Å². The summed E-state index contributed by atoms with van der Waals surface area (Å²) in [7, 11) is 0. The van der Waals surface area contributed by atoms with Crippen LogP contribution in [0.5, 0.6) is 0 Å². The largest absolute Gasteiger partial charge is 0.421 e. The molecule has 0 aliphatic rings. The molecule has 2 aromatic carbocycles. The highest BCUT2D eigenvalue weighted by molar-refractivity contribution is 5.95. The number of benzene rings is 2. The van der Waals surface area contributed by atoms with Crippen molar-refractivity contribution in [3.8, 4) is 0 Å². The first-order chi connectivity index (χ1) is 12.8. The van der Waals surface area contributed by atoms with E-state index in [1.54, 1.807) is 6.08 Å². The Morgan fingerprint density at radius 3 is 2.65 bits per heavy atom. The summed E-state index contributed by atoms with van der Waals surface area (Å²) in [5.74, 6) is 1.12. The Labute approximate surface area is 149 Å². The van der Waals surface area contributed by atoms with E-state index < -0.39 is 0 Å². The van der Waals surface area contributed by atoms with Crippen molar-refractivity contribution in [2.45, 2.75) is 12.8 Å². The quantitative estimate of drug-likeness (QED) is 0.536. The van der Waals surface area contributed by atoms with Gasteiger partial charge in [-0.3, -0.25) is 4.79 Å². The molecule has 0 fully saturated rings. The Balaban J connectivity index is 1.38. The van der Waals surface area contributed by atoms with E-state index in [0.717, 1.165) is 16.6 Å². The van der Waals surface area contributed by atoms with Crippen LogP contribution in [0.2, 0.25) is 0 Å². The number of carbonyl (C=O) groups excluding carboxylic acids is 1. The normalized spacial score (nSPS) is 11.4. The second kappa shape index (κ2) is 7.14. The molecule has 0 aliphatic heterocycles. The molecule has 6 heteroatoms. The summed E-state index contributed by atoms with van der Waals surface area (Å²) in [5.41, 5.74) is 2.68. The number of nitrogens with one attached hydrogen (secondary N) is 1. The number of carbonyl (C=O) groups is 1. The summed E-state index contributed by atoms with van der Waals surface area (Å²) in [5, 5.41) is 7.96. The van der Waals surface area contributed by atoms with Crippen LogP contribution in [0.4, 0.5) is 0 Å². The van der Waals surface area contributed by atoms with Crippen LogP contribution in [0.1, 0.15) is 34.4 Å². The summed E-state index contributed by atoms with van der Waals surface area (Å²) < 4.78 is 5.56. The highest BCUT2D eigenvalue weighted by atomic mass is 16.4. The third-order valence-electron chi connectivity index (χ3n) is 3.92. The van der Waals surface area contributed by atoms with Crippen LogP contribution < -0.4 is 0 Å². The van der Waals surface area contributed by atoms with Gasteiger partial charge >= 0.3 is 0 Å². The first-order valence-electron chi connectivity index (χ1n) is 8.31. The maximum absolute atomic E-state index is 12.3. The van der Waals surface area contributed by atoms with Crippen molar-refractivity contribution in [3.05, 3.63) is 77.8 Å². The van der Waals surface area contributed by atoms with Crippen molar-refractivity contribution >= 4 is 29.0 Å². The molecule has 0 spiro atoms. The number of Topliss-reactive ketones (excluding diaryl/α,β-unsaturated/α-hetero) is 1. The lowest BCUT2D eigenvalue weighted by Gasteiger charge is -1.94. The molecule has 0 aliphatic carbocycles.